The molecular weight excluding hydrogens is 179 g/mol. The van der Waals surface area contributed by atoms with E-state index in [9.17, 15) is 0 Å². The molecule has 0 unspecified atom stereocenters. The van der Waals surface area contributed by atoms with Crippen LogP contribution in [0.15, 0.2) is 0 Å². The van der Waals surface area contributed by atoms with Gasteiger partial charge in [0.15, 0.2) is 0 Å². The van der Waals surface area contributed by atoms with Gasteiger partial charge in [0.05, 0.1) is 0 Å². The van der Waals surface area contributed by atoms with Crippen LogP contribution in [-0.4, -0.2) is 40.6 Å². The van der Waals surface area contributed by atoms with E-state index >= 15 is 0 Å². The minimum atomic E-state index is -5.17. The Hall–Kier alpha value is 1.93. The van der Waals surface area contributed by atoms with Gasteiger partial charge in [0, 0.05) is 10.4 Å². The van der Waals surface area contributed by atoms with Crippen LogP contribution in [0.3, 0.4) is 0 Å². The molecule has 0 bridgehead atoms. The molecule has 0 rings (SSSR count). The van der Waals surface area contributed by atoms with Crippen molar-refractivity contribution in [3.8, 4) is 0 Å². The molecule has 0 aromatic carbocycles. The Morgan fingerprint density at radius 2 is 1.12 bits per heavy atom. The van der Waals surface area contributed by atoms with Crippen molar-refractivity contribution >= 4 is 33.5 Å². The number of halogens is 1. The molecule has 0 saturated heterocycles. The van der Waals surface area contributed by atoms with Crippen molar-refractivity contribution in [3.05, 3.63) is 0 Å². The van der Waals surface area contributed by atoms with Crippen LogP contribution in [0.1, 0.15) is 0 Å². The first-order valence-electron chi connectivity index (χ1n) is 0.667. The molecule has 0 heterocycles. The summed E-state index contributed by atoms with van der Waals surface area (Å²) in [5.74, 6) is 0. The summed E-state index contributed by atoms with van der Waals surface area (Å²) < 4.78 is 34.1. The van der Waals surface area contributed by atoms with Gasteiger partial charge in [-0.25, -0.2) is 0 Å². The van der Waals surface area contributed by atoms with Gasteiger partial charge in [0.1, 0.15) is 0 Å². The summed E-state index contributed by atoms with van der Waals surface area (Å²) in [7, 11) is -5.17. The van der Waals surface area contributed by atoms with Crippen LogP contribution < -0.4 is 42.0 Å². The molecule has 0 fully saturated rings. The van der Waals surface area contributed by atoms with Gasteiger partial charge in [-0.15, -0.1) is 0 Å². The molecule has 0 radical (unpaired) electrons. The summed E-state index contributed by atoms with van der Waals surface area (Å²) in [4.78, 5) is 0. The van der Waals surface area contributed by atoms with Gasteiger partial charge >= 0.3 is 52.6 Å². The summed E-state index contributed by atoms with van der Waals surface area (Å²) in [6.07, 6.45) is 0. The molecule has 0 spiro atoms. The van der Waals surface area contributed by atoms with Gasteiger partial charge in [-0.1, -0.05) is 0 Å². The summed E-state index contributed by atoms with van der Waals surface area (Å²) in [6.45, 7) is 0. The fraction of sp³-hybridized carbons (Fsp3) is 0. The summed E-state index contributed by atoms with van der Waals surface area (Å²) in [6, 6.07) is 0. The van der Waals surface area contributed by atoms with E-state index in [0.29, 0.717) is 0 Å². The monoisotopic (exact) mass is 178 g/mol. The minimum absolute atomic E-state index is 0. The van der Waals surface area contributed by atoms with Crippen molar-refractivity contribution in [1.82, 2.24) is 0 Å². The van der Waals surface area contributed by atoms with Crippen molar-refractivity contribution in [1.29, 1.82) is 0 Å². The first kappa shape index (κ1) is 22.5. The zero-order valence-electron chi connectivity index (χ0n) is 4.13. The normalized spacial score (nSPS) is 7.25. The fourth-order valence-corrected chi connectivity index (χ4v) is 0. The second-order valence-electron chi connectivity index (χ2n) is 0.408. The van der Waals surface area contributed by atoms with Crippen LogP contribution in [0, 0.1) is 0 Å². The first-order valence-corrected chi connectivity index (χ1v) is 2.00. The zero-order chi connectivity index (χ0) is 4.50. The molecule has 8 heavy (non-hydrogen) atoms. The third-order valence-corrected chi connectivity index (χ3v) is 0. The molecule has 0 N–H and O–H groups in total. The molecular formula is ClMgNaO4S. The van der Waals surface area contributed by atoms with Gasteiger partial charge in [-0.3, -0.25) is 8.42 Å². The Morgan fingerprint density at radius 1 is 1.12 bits per heavy atom. The van der Waals surface area contributed by atoms with E-state index in [1.807, 2.05) is 0 Å². The number of hydrogen-bond acceptors (Lipinski definition) is 4. The van der Waals surface area contributed by atoms with E-state index in [2.05, 4.69) is 0 Å². The van der Waals surface area contributed by atoms with Gasteiger partial charge in [-0.2, -0.15) is 0 Å². The second-order valence-corrected chi connectivity index (χ2v) is 1.22. The SMILES string of the molecule is O=S(=O)([O-])[O-].[Cl-].[Mg+2].[Na+]. The van der Waals surface area contributed by atoms with Crippen LogP contribution in [-0.2, 0) is 10.4 Å². The first-order chi connectivity index (χ1) is 2.00. The average molecular weight is 179 g/mol. The van der Waals surface area contributed by atoms with Gasteiger partial charge in [-0.05, 0) is 0 Å². The summed E-state index contributed by atoms with van der Waals surface area (Å²) >= 11 is 0. The molecule has 0 aromatic rings. The van der Waals surface area contributed by atoms with Gasteiger partial charge < -0.3 is 21.5 Å². The number of hydrogen-bond donors (Lipinski definition) is 0. The Labute approximate surface area is 91.8 Å². The van der Waals surface area contributed by atoms with Crippen molar-refractivity contribution in [2.24, 2.45) is 0 Å². The maximum atomic E-state index is 8.52. The van der Waals surface area contributed by atoms with E-state index in [-0.39, 0.29) is 65.0 Å². The molecule has 0 aliphatic rings. The summed E-state index contributed by atoms with van der Waals surface area (Å²) in [5, 5.41) is 0. The number of rotatable bonds is 0. The van der Waals surface area contributed by atoms with E-state index in [1.165, 1.54) is 0 Å². The van der Waals surface area contributed by atoms with Crippen molar-refractivity contribution < 1.29 is 59.5 Å². The Morgan fingerprint density at radius 3 is 1.12 bits per heavy atom. The van der Waals surface area contributed by atoms with Crippen molar-refractivity contribution in [2.75, 3.05) is 0 Å². The van der Waals surface area contributed by atoms with Gasteiger partial charge in [0.25, 0.3) is 0 Å². The third-order valence-electron chi connectivity index (χ3n) is 0. The average Bonchev–Trinajstić information content (AvgIpc) is 0.722. The van der Waals surface area contributed by atoms with Gasteiger partial charge in [0.2, 0.25) is 0 Å². The molecule has 0 amide bonds. The van der Waals surface area contributed by atoms with E-state index in [1.54, 1.807) is 0 Å². The van der Waals surface area contributed by atoms with Crippen LogP contribution in [0.2, 0.25) is 0 Å². The predicted octanol–water partition coefficient (Wildman–Crippen LogP) is -7.71. The van der Waals surface area contributed by atoms with E-state index in [4.69, 9.17) is 17.5 Å². The third kappa shape index (κ3) is 102. The van der Waals surface area contributed by atoms with E-state index in [0.717, 1.165) is 0 Å². The molecule has 4 nitrogen and oxygen atoms in total. The zero-order valence-corrected chi connectivity index (χ0v) is 9.11. The van der Waals surface area contributed by atoms with Crippen LogP contribution in [0.5, 0.6) is 0 Å². The molecule has 0 aromatic heterocycles. The standard InChI is InChI=1S/ClH.Mg.Na.H2O4S/c;;;1-5(2,3)4/h1H;;;(H2,1,2,3,4)/q;+2;+1;/p-3. The predicted molar refractivity (Wildman–Crippen MR) is 16.2 cm³/mol. The topological polar surface area (TPSA) is 80.3 Å². The largest absolute Gasteiger partial charge is 2.00 e. The molecule has 0 aliphatic heterocycles. The van der Waals surface area contributed by atoms with Crippen molar-refractivity contribution in [2.45, 2.75) is 0 Å². The quantitative estimate of drug-likeness (QED) is 0.210. The Bertz CT molecular complexity index is 99.2. The minimum Gasteiger partial charge on any atom is -1.00 e. The molecule has 0 atom stereocenters. The fourth-order valence-electron chi connectivity index (χ4n) is 0. The smallest absolute Gasteiger partial charge is 1.00 e. The molecule has 8 heteroatoms. The van der Waals surface area contributed by atoms with E-state index < -0.39 is 10.4 Å². The summed E-state index contributed by atoms with van der Waals surface area (Å²) in [5.41, 5.74) is 0. The molecule has 0 aliphatic carbocycles. The van der Waals surface area contributed by atoms with Crippen molar-refractivity contribution in [3.63, 3.8) is 0 Å². The Balaban J connectivity index is -0.0000000267. The van der Waals surface area contributed by atoms with Crippen LogP contribution in [0.25, 0.3) is 0 Å². The Kier molecular flexibility index (Phi) is 25.1. The molecule has 0 saturated carbocycles. The van der Waals surface area contributed by atoms with Crippen LogP contribution in [0.4, 0.5) is 0 Å². The second kappa shape index (κ2) is 8.93. The maximum Gasteiger partial charge on any atom is 2.00 e. The molecule has 40 valence electrons. The maximum absolute atomic E-state index is 8.52. The van der Waals surface area contributed by atoms with Crippen LogP contribution >= 0.6 is 0 Å².